The normalized spacial score (nSPS) is 17.2. The van der Waals surface area contributed by atoms with Crippen LogP contribution in [0.25, 0.3) is 10.9 Å². The second kappa shape index (κ2) is 8.50. The highest BCUT2D eigenvalue weighted by Crippen LogP contribution is 2.33. The lowest BCUT2D eigenvalue weighted by molar-refractivity contribution is 0.296. The molecule has 1 fully saturated rings. The van der Waals surface area contributed by atoms with Crippen LogP contribution in [0, 0.1) is 20.8 Å². The van der Waals surface area contributed by atoms with Gasteiger partial charge in [-0.15, -0.1) is 0 Å². The van der Waals surface area contributed by atoms with Crippen molar-refractivity contribution in [3.05, 3.63) is 53.1 Å². The molecule has 33 heavy (non-hydrogen) atoms. The largest absolute Gasteiger partial charge is 0.490 e. The van der Waals surface area contributed by atoms with Crippen molar-refractivity contribution >= 4 is 26.7 Å². The molecule has 8 heteroatoms. The molecule has 1 aromatic heterocycles. The molecule has 2 aliphatic rings. The fourth-order valence-electron chi connectivity index (χ4n) is 4.60. The number of piperazine rings is 1. The van der Waals surface area contributed by atoms with Gasteiger partial charge in [0, 0.05) is 44.1 Å². The van der Waals surface area contributed by atoms with E-state index >= 15 is 0 Å². The smallest absolute Gasteiger partial charge is 0.243 e. The van der Waals surface area contributed by atoms with Crippen molar-refractivity contribution in [3.8, 4) is 11.5 Å². The van der Waals surface area contributed by atoms with Crippen molar-refractivity contribution in [2.45, 2.75) is 32.1 Å². The lowest BCUT2D eigenvalue weighted by Crippen LogP contribution is -2.48. The number of ether oxygens (including phenoxy) is 2. The quantitative estimate of drug-likeness (QED) is 0.583. The molecule has 0 unspecified atom stereocenters. The van der Waals surface area contributed by atoms with Crippen LogP contribution in [0.2, 0.25) is 0 Å². The molecule has 3 aromatic rings. The van der Waals surface area contributed by atoms with E-state index in [0.717, 1.165) is 23.3 Å². The molecule has 0 radical (unpaired) electrons. The Morgan fingerprint density at radius 3 is 2.33 bits per heavy atom. The van der Waals surface area contributed by atoms with Gasteiger partial charge in [-0.2, -0.15) is 4.31 Å². The first-order chi connectivity index (χ1) is 15.8. The van der Waals surface area contributed by atoms with Crippen molar-refractivity contribution in [2.24, 2.45) is 0 Å². The van der Waals surface area contributed by atoms with Gasteiger partial charge in [-0.25, -0.2) is 13.4 Å². The maximum atomic E-state index is 13.3. The second-order valence-electron chi connectivity index (χ2n) is 8.83. The van der Waals surface area contributed by atoms with E-state index in [1.807, 2.05) is 0 Å². The van der Waals surface area contributed by atoms with Gasteiger partial charge in [0.1, 0.15) is 5.82 Å². The Hall–Kier alpha value is -2.84. The number of anilines is 1. The molecule has 0 spiro atoms. The summed E-state index contributed by atoms with van der Waals surface area (Å²) < 4.78 is 39.5. The maximum absolute atomic E-state index is 13.3. The van der Waals surface area contributed by atoms with E-state index in [1.165, 1.54) is 16.5 Å². The number of fused-ring (bicyclic) bond motifs is 2. The fraction of sp³-hybridized carbons (Fsp3) is 0.400. The Morgan fingerprint density at radius 1 is 0.848 bits per heavy atom. The van der Waals surface area contributed by atoms with E-state index in [9.17, 15) is 8.42 Å². The Kier molecular flexibility index (Phi) is 5.66. The van der Waals surface area contributed by atoms with Crippen LogP contribution in [0.15, 0.2) is 41.3 Å². The number of aromatic nitrogens is 1. The number of benzene rings is 2. The summed E-state index contributed by atoms with van der Waals surface area (Å²) in [5.41, 5.74) is 4.58. The number of rotatable bonds is 3. The Bertz CT molecular complexity index is 1310. The van der Waals surface area contributed by atoms with Crippen LogP contribution >= 0.6 is 0 Å². The van der Waals surface area contributed by atoms with Crippen LogP contribution in [-0.2, 0) is 10.0 Å². The summed E-state index contributed by atoms with van der Waals surface area (Å²) in [5.74, 6) is 1.99. The molecule has 0 saturated carbocycles. The van der Waals surface area contributed by atoms with Gasteiger partial charge in [0.25, 0.3) is 0 Å². The molecule has 174 valence electrons. The predicted octanol–water partition coefficient (Wildman–Crippen LogP) is 3.83. The van der Waals surface area contributed by atoms with Crippen molar-refractivity contribution in [1.82, 2.24) is 9.29 Å². The second-order valence-corrected chi connectivity index (χ2v) is 10.8. The highest BCUT2D eigenvalue weighted by Gasteiger charge is 2.30. The van der Waals surface area contributed by atoms with E-state index < -0.39 is 10.0 Å². The van der Waals surface area contributed by atoms with Crippen molar-refractivity contribution in [3.63, 3.8) is 0 Å². The van der Waals surface area contributed by atoms with Crippen LogP contribution in [0.3, 0.4) is 0 Å². The molecule has 2 aromatic carbocycles. The average Bonchev–Trinajstić information content (AvgIpc) is 3.04. The average molecular weight is 468 g/mol. The standard InChI is InChI=1S/C25H29N3O4S/c1-17-13-19(3)25-21(14-17)18(2)15-24(26-25)27-7-9-28(10-8-27)33(29,30)20-5-6-22-23(16-20)32-12-4-11-31-22/h5-6,13-16H,4,7-12H2,1-3H3. The van der Waals surface area contributed by atoms with Crippen LogP contribution < -0.4 is 14.4 Å². The topological polar surface area (TPSA) is 72.0 Å². The lowest BCUT2D eigenvalue weighted by atomic mass is 10.0. The fourth-order valence-corrected chi connectivity index (χ4v) is 6.04. The van der Waals surface area contributed by atoms with Gasteiger partial charge in [-0.05, 0) is 56.2 Å². The van der Waals surface area contributed by atoms with Crippen molar-refractivity contribution in [1.29, 1.82) is 0 Å². The summed E-state index contributed by atoms with van der Waals surface area (Å²) in [6, 6.07) is 11.3. The first-order valence-corrected chi connectivity index (χ1v) is 12.8. The van der Waals surface area contributed by atoms with E-state index in [-0.39, 0.29) is 4.90 Å². The molecule has 0 bridgehead atoms. The third-order valence-electron chi connectivity index (χ3n) is 6.36. The van der Waals surface area contributed by atoms with Gasteiger partial charge in [-0.1, -0.05) is 11.6 Å². The molecule has 0 N–H and O–H groups in total. The molecule has 7 nitrogen and oxygen atoms in total. The van der Waals surface area contributed by atoms with Crippen LogP contribution in [0.1, 0.15) is 23.1 Å². The summed E-state index contributed by atoms with van der Waals surface area (Å²) in [5, 5.41) is 1.17. The van der Waals surface area contributed by atoms with Crippen LogP contribution in [-0.4, -0.2) is 57.1 Å². The minimum atomic E-state index is -3.62. The number of hydrogen-bond acceptors (Lipinski definition) is 6. The summed E-state index contributed by atoms with van der Waals surface area (Å²) in [6.07, 6.45) is 0.778. The van der Waals surface area contributed by atoms with Gasteiger partial charge in [-0.3, -0.25) is 0 Å². The lowest BCUT2D eigenvalue weighted by Gasteiger charge is -2.35. The number of sulfonamides is 1. The van der Waals surface area contributed by atoms with E-state index in [2.05, 4.69) is 43.9 Å². The summed E-state index contributed by atoms with van der Waals surface area (Å²) >= 11 is 0. The van der Waals surface area contributed by atoms with Gasteiger partial charge in [0.15, 0.2) is 11.5 Å². The molecule has 0 atom stereocenters. The monoisotopic (exact) mass is 467 g/mol. The number of nitrogens with zero attached hydrogens (tertiary/aromatic N) is 3. The maximum Gasteiger partial charge on any atom is 0.243 e. The van der Waals surface area contributed by atoms with Crippen molar-refractivity contribution < 1.29 is 17.9 Å². The zero-order chi connectivity index (χ0) is 23.2. The van der Waals surface area contributed by atoms with E-state index in [4.69, 9.17) is 14.5 Å². The minimum absolute atomic E-state index is 0.242. The first kappa shape index (κ1) is 22.0. The molecule has 2 aliphatic heterocycles. The summed E-state index contributed by atoms with van der Waals surface area (Å²) in [7, 11) is -3.62. The Morgan fingerprint density at radius 2 is 1.58 bits per heavy atom. The third kappa shape index (κ3) is 4.13. The van der Waals surface area contributed by atoms with Crippen LogP contribution in [0.4, 0.5) is 5.82 Å². The zero-order valence-electron chi connectivity index (χ0n) is 19.3. The third-order valence-corrected chi connectivity index (χ3v) is 8.26. The first-order valence-electron chi connectivity index (χ1n) is 11.4. The molecule has 3 heterocycles. The zero-order valence-corrected chi connectivity index (χ0v) is 20.1. The minimum Gasteiger partial charge on any atom is -0.490 e. The number of pyridine rings is 1. The van der Waals surface area contributed by atoms with Gasteiger partial charge in [0.05, 0.1) is 23.6 Å². The molecule has 0 amide bonds. The van der Waals surface area contributed by atoms with Gasteiger partial charge < -0.3 is 14.4 Å². The molecular formula is C25H29N3O4S. The Labute approximate surface area is 195 Å². The number of aryl methyl sites for hydroxylation is 3. The number of hydrogen-bond donors (Lipinski definition) is 0. The highest BCUT2D eigenvalue weighted by molar-refractivity contribution is 7.89. The summed E-state index contributed by atoms with van der Waals surface area (Å²) in [6.45, 7) is 9.38. The van der Waals surface area contributed by atoms with Gasteiger partial charge >= 0.3 is 0 Å². The SMILES string of the molecule is Cc1cc(C)c2nc(N3CCN(S(=O)(=O)c4ccc5c(c4)OCCCO5)CC3)cc(C)c2c1. The molecule has 1 saturated heterocycles. The van der Waals surface area contributed by atoms with Crippen LogP contribution in [0.5, 0.6) is 11.5 Å². The molecule has 0 aliphatic carbocycles. The van der Waals surface area contributed by atoms with Crippen molar-refractivity contribution in [2.75, 3.05) is 44.3 Å². The molecular weight excluding hydrogens is 438 g/mol. The van der Waals surface area contributed by atoms with E-state index in [1.54, 1.807) is 22.5 Å². The Balaban J connectivity index is 1.35. The highest BCUT2D eigenvalue weighted by atomic mass is 32.2. The summed E-state index contributed by atoms with van der Waals surface area (Å²) in [4.78, 5) is 7.34. The van der Waals surface area contributed by atoms with Gasteiger partial charge in [0.2, 0.25) is 10.0 Å². The van der Waals surface area contributed by atoms with E-state index in [0.29, 0.717) is 50.9 Å². The molecule has 5 rings (SSSR count). The predicted molar refractivity (Wildman–Crippen MR) is 129 cm³/mol.